The lowest BCUT2D eigenvalue weighted by Crippen LogP contribution is -1.99. The van der Waals surface area contributed by atoms with Crippen molar-refractivity contribution in [3.05, 3.63) is 41.7 Å². The number of benzene rings is 1. The Labute approximate surface area is 99.6 Å². The average Bonchev–Trinajstić information content (AvgIpc) is 2.70. The first-order valence-corrected chi connectivity index (χ1v) is 5.51. The van der Waals surface area contributed by atoms with Crippen LogP contribution in [0.1, 0.15) is 19.9 Å². The van der Waals surface area contributed by atoms with Crippen LogP contribution in [0.25, 0.3) is 0 Å². The Balaban J connectivity index is 2.18. The number of nitrogens with zero attached hydrogens (tertiary/aromatic N) is 2. The number of ether oxygens (including phenoxy) is 1. The molecule has 0 saturated carbocycles. The molecule has 1 aromatic carbocycles. The topological polar surface area (TPSA) is 27.1 Å². The number of rotatable bonds is 3. The summed E-state index contributed by atoms with van der Waals surface area (Å²) in [6.45, 7) is 4.12. The molecule has 1 aromatic heterocycles. The lowest BCUT2D eigenvalue weighted by molar-refractivity contribution is 0.477. The Bertz CT molecular complexity index is 479. The van der Waals surface area contributed by atoms with E-state index in [0.29, 0.717) is 22.6 Å². The molecule has 3 nitrogen and oxygen atoms in total. The molecule has 2 rings (SSSR count). The average molecular weight is 237 g/mol. The zero-order valence-corrected chi connectivity index (χ0v) is 9.98. The molecule has 0 spiro atoms. The van der Waals surface area contributed by atoms with Gasteiger partial charge in [0.05, 0.1) is 17.4 Å². The van der Waals surface area contributed by atoms with Crippen molar-refractivity contribution in [1.82, 2.24) is 9.78 Å². The van der Waals surface area contributed by atoms with Crippen LogP contribution in [0.3, 0.4) is 0 Å². The lowest BCUT2D eigenvalue weighted by atomic mass is 10.3. The fourth-order valence-electron chi connectivity index (χ4n) is 1.31. The maximum Gasteiger partial charge on any atom is 0.165 e. The molecule has 0 unspecified atom stereocenters. The van der Waals surface area contributed by atoms with Crippen molar-refractivity contribution in [3.63, 3.8) is 0 Å². The summed E-state index contributed by atoms with van der Waals surface area (Å²) < 4.78 is 7.46. The number of para-hydroxylation sites is 1. The zero-order chi connectivity index (χ0) is 11.5. The monoisotopic (exact) mass is 236 g/mol. The fourth-order valence-corrected chi connectivity index (χ4v) is 1.48. The van der Waals surface area contributed by atoms with Gasteiger partial charge < -0.3 is 4.74 Å². The molecule has 0 aliphatic heterocycles. The van der Waals surface area contributed by atoms with Crippen molar-refractivity contribution >= 4 is 11.6 Å². The molecular weight excluding hydrogens is 224 g/mol. The molecule has 0 fully saturated rings. The van der Waals surface area contributed by atoms with E-state index in [9.17, 15) is 0 Å². The summed E-state index contributed by atoms with van der Waals surface area (Å²) in [6.07, 6.45) is 3.54. The van der Waals surface area contributed by atoms with Crippen LogP contribution >= 0.6 is 11.6 Å². The molecule has 0 aliphatic carbocycles. The largest absolute Gasteiger partial charge is 0.452 e. The summed E-state index contributed by atoms with van der Waals surface area (Å²) in [7, 11) is 0. The third kappa shape index (κ3) is 2.36. The van der Waals surface area contributed by atoms with E-state index in [1.807, 2.05) is 29.1 Å². The molecule has 0 bridgehead atoms. The summed E-state index contributed by atoms with van der Waals surface area (Å²) in [4.78, 5) is 0. The van der Waals surface area contributed by atoms with Crippen molar-refractivity contribution in [2.75, 3.05) is 0 Å². The van der Waals surface area contributed by atoms with Crippen LogP contribution in [0.15, 0.2) is 36.7 Å². The Hall–Kier alpha value is -1.48. The predicted octanol–water partition coefficient (Wildman–Crippen LogP) is 3.91. The van der Waals surface area contributed by atoms with E-state index < -0.39 is 0 Å². The van der Waals surface area contributed by atoms with E-state index >= 15 is 0 Å². The smallest absolute Gasteiger partial charge is 0.165 e. The maximum atomic E-state index is 5.99. The third-order valence-corrected chi connectivity index (χ3v) is 2.48. The minimum Gasteiger partial charge on any atom is -0.452 e. The van der Waals surface area contributed by atoms with Crippen LogP contribution in [-0.4, -0.2) is 9.78 Å². The Kier molecular flexibility index (Phi) is 3.15. The van der Waals surface area contributed by atoms with Gasteiger partial charge in [-0.15, -0.1) is 0 Å². The SMILES string of the molecule is CC(C)n1cc(Oc2ccccc2Cl)cn1. The minimum absolute atomic E-state index is 0.323. The van der Waals surface area contributed by atoms with Crippen molar-refractivity contribution in [2.24, 2.45) is 0 Å². The van der Waals surface area contributed by atoms with Crippen molar-refractivity contribution < 1.29 is 4.74 Å². The standard InChI is InChI=1S/C12H13ClN2O/c1-9(2)15-8-10(7-14-15)16-12-6-4-3-5-11(12)13/h3-9H,1-2H3. The summed E-state index contributed by atoms with van der Waals surface area (Å²) in [5.74, 6) is 1.34. The van der Waals surface area contributed by atoms with E-state index in [1.54, 1.807) is 12.3 Å². The van der Waals surface area contributed by atoms with Crippen LogP contribution in [0.2, 0.25) is 5.02 Å². The van der Waals surface area contributed by atoms with Crippen LogP contribution in [-0.2, 0) is 0 Å². The van der Waals surface area contributed by atoms with Gasteiger partial charge >= 0.3 is 0 Å². The third-order valence-electron chi connectivity index (χ3n) is 2.17. The zero-order valence-electron chi connectivity index (χ0n) is 9.22. The molecule has 0 aliphatic rings. The predicted molar refractivity (Wildman–Crippen MR) is 64.1 cm³/mol. The number of hydrogen-bond donors (Lipinski definition) is 0. The molecule has 16 heavy (non-hydrogen) atoms. The first-order valence-electron chi connectivity index (χ1n) is 5.13. The molecule has 0 amide bonds. The second-order valence-electron chi connectivity index (χ2n) is 3.78. The molecular formula is C12H13ClN2O. The Morgan fingerprint density at radius 1 is 1.31 bits per heavy atom. The van der Waals surface area contributed by atoms with Crippen molar-refractivity contribution in [1.29, 1.82) is 0 Å². The van der Waals surface area contributed by atoms with E-state index in [0.717, 1.165) is 0 Å². The van der Waals surface area contributed by atoms with E-state index in [1.165, 1.54) is 0 Å². The summed E-state index contributed by atoms with van der Waals surface area (Å²) in [5, 5.41) is 4.79. The summed E-state index contributed by atoms with van der Waals surface area (Å²) in [5.41, 5.74) is 0. The molecule has 0 saturated heterocycles. The molecule has 0 N–H and O–H groups in total. The molecule has 0 radical (unpaired) electrons. The van der Waals surface area contributed by atoms with E-state index in [-0.39, 0.29) is 0 Å². The van der Waals surface area contributed by atoms with Gasteiger partial charge in [-0.25, -0.2) is 0 Å². The Morgan fingerprint density at radius 3 is 2.69 bits per heavy atom. The summed E-state index contributed by atoms with van der Waals surface area (Å²) >= 11 is 5.99. The van der Waals surface area contributed by atoms with Crippen LogP contribution < -0.4 is 4.74 Å². The van der Waals surface area contributed by atoms with Gasteiger partial charge in [0, 0.05) is 6.04 Å². The number of halogens is 1. The van der Waals surface area contributed by atoms with Crippen LogP contribution in [0.5, 0.6) is 11.5 Å². The lowest BCUT2D eigenvalue weighted by Gasteiger charge is -2.05. The van der Waals surface area contributed by atoms with Gasteiger partial charge in [-0.3, -0.25) is 4.68 Å². The van der Waals surface area contributed by atoms with Crippen molar-refractivity contribution in [2.45, 2.75) is 19.9 Å². The van der Waals surface area contributed by atoms with Gasteiger partial charge in [-0.1, -0.05) is 23.7 Å². The highest BCUT2D eigenvalue weighted by Gasteiger charge is 2.05. The van der Waals surface area contributed by atoms with E-state index in [2.05, 4.69) is 18.9 Å². The second kappa shape index (κ2) is 4.58. The molecule has 0 atom stereocenters. The maximum absolute atomic E-state index is 5.99. The minimum atomic E-state index is 0.323. The van der Waals surface area contributed by atoms with Gasteiger partial charge in [0.15, 0.2) is 5.75 Å². The fraction of sp³-hybridized carbons (Fsp3) is 0.250. The van der Waals surface area contributed by atoms with Crippen molar-refractivity contribution in [3.8, 4) is 11.5 Å². The van der Waals surface area contributed by atoms with E-state index in [4.69, 9.17) is 16.3 Å². The van der Waals surface area contributed by atoms with Crippen LogP contribution in [0.4, 0.5) is 0 Å². The highest BCUT2D eigenvalue weighted by atomic mass is 35.5. The van der Waals surface area contributed by atoms with Gasteiger partial charge in [0.1, 0.15) is 5.75 Å². The number of hydrogen-bond acceptors (Lipinski definition) is 2. The molecule has 4 heteroatoms. The molecule has 1 heterocycles. The first-order chi connectivity index (χ1) is 7.66. The first kappa shape index (κ1) is 11.0. The normalized spacial score (nSPS) is 10.8. The highest BCUT2D eigenvalue weighted by molar-refractivity contribution is 6.32. The van der Waals surface area contributed by atoms with Gasteiger partial charge in [0.25, 0.3) is 0 Å². The quantitative estimate of drug-likeness (QED) is 0.808. The number of aromatic nitrogens is 2. The van der Waals surface area contributed by atoms with Gasteiger partial charge in [-0.2, -0.15) is 5.10 Å². The van der Waals surface area contributed by atoms with Crippen LogP contribution in [0, 0.1) is 0 Å². The van der Waals surface area contributed by atoms with Gasteiger partial charge in [-0.05, 0) is 26.0 Å². The summed E-state index contributed by atoms with van der Waals surface area (Å²) in [6, 6.07) is 7.70. The molecule has 84 valence electrons. The Morgan fingerprint density at radius 2 is 2.06 bits per heavy atom. The van der Waals surface area contributed by atoms with Gasteiger partial charge in [0.2, 0.25) is 0 Å². The highest BCUT2D eigenvalue weighted by Crippen LogP contribution is 2.28. The second-order valence-corrected chi connectivity index (χ2v) is 4.19. The molecule has 2 aromatic rings.